The molecule has 2 unspecified atom stereocenters. The molecule has 25 heavy (non-hydrogen) atoms. The first kappa shape index (κ1) is 17.9. The maximum absolute atomic E-state index is 12.7. The number of hydrogen-bond acceptors (Lipinski definition) is 4. The number of fused-ring (bicyclic) bond motifs is 1. The van der Waals surface area contributed by atoms with Crippen LogP contribution in [0.15, 0.2) is 30.5 Å². The van der Waals surface area contributed by atoms with Crippen LogP contribution in [0.3, 0.4) is 0 Å². The molecule has 2 atom stereocenters. The first-order chi connectivity index (χ1) is 12.0. The SMILES string of the molecule is CC1COC(CN(C)C(=O)C(N)C(C)c2c[nH]c3ccccc23)OC1. The number of para-hydroxylation sites is 1. The van der Waals surface area contributed by atoms with Crippen LogP contribution in [0, 0.1) is 5.92 Å². The second kappa shape index (κ2) is 7.56. The molecule has 1 aromatic heterocycles. The summed E-state index contributed by atoms with van der Waals surface area (Å²) in [7, 11) is 1.74. The monoisotopic (exact) mass is 345 g/mol. The van der Waals surface area contributed by atoms with Gasteiger partial charge in [0.15, 0.2) is 6.29 Å². The van der Waals surface area contributed by atoms with E-state index in [1.807, 2.05) is 37.4 Å². The van der Waals surface area contributed by atoms with E-state index in [4.69, 9.17) is 15.2 Å². The number of benzene rings is 1. The van der Waals surface area contributed by atoms with Crippen molar-refractivity contribution in [3.8, 4) is 0 Å². The lowest BCUT2D eigenvalue weighted by Crippen LogP contribution is -2.48. The minimum absolute atomic E-state index is 0.0979. The van der Waals surface area contributed by atoms with E-state index in [1.165, 1.54) is 0 Å². The van der Waals surface area contributed by atoms with Crippen molar-refractivity contribution in [2.24, 2.45) is 11.7 Å². The molecule has 3 rings (SSSR count). The fourth-order valence-electron chi connectivity index (χ4n) is 3.19. The third-order valence-electron chi connectivity index (χ3n) is 4.87. The molecular weight excluding hydrogens is 318 g/mol. The highest BCUT2D eigenvalue weighted by molar-refractivity contribution is 5.87. The summed E-state index contributed by atoms with van der Waals surface area (Å²) in [5.74, 6) is 0.185. The molecule has 2 aromatic rings. The van der Waals surface area contributed by atoms with Crippen LogP contribution in [0.5, 0.6) is 0 Å². The molecule has 0 saturated carbocycles. The van der Waals surface area contributed by atoms with Crippen LogP contribution in [0.1, 0.15) is 25.3 Å². The molecule has 1 aliphatic rings. The number of rotatable bonds is 5. The van der Waals surface area contributed by atoms with Gasteiger partial charge in [-0.2, -0.15) is 0 Å². The fourth-order valence-corrected chi connectivity index (χ4v) is 3.19. The van der Waals surface area contributed by atoms with E-state index in [-0.39, 0.29) is 18.1 Å². The van der Waals surface area contributed by atoms with E-state index >= 15 is 0 Å². The van der Waals surface area contributed by atoms with Gasteiger partial charge in [0.25, 0.3) is 0 Å². The molecule has 0 aliphatic carbocycles. The van der Waals surface area contributed by atoms with Crippen molar-refractivity contribution < 1.29 is 14.3 Å². The van der Waals surface area contributed by atoms with Crippen LogP contribution < -0.4 is 5.73 Å². The van der Waals surface area contributed by atoms with Gasteiger partial charge in [0.2, 0.25) is 5.91 Å². The van der Waals surface area contributed by atoms with E-state index in [9.17, 15) is 4.79 Å². The molecule has 6 nitrogen and oxygen atoms in total. The molecular formula is C19H27N3O3. The lowest BCUT2D eigenvalue weighted by molar-refractivity contribution is -0.204. The first-order valence-electron chi connectivity index (χ1n) is 8.77. The number of ether oxygens (including phenoxy) is 2. The number of carbonyl (C=O) groups excluding carboxylic acids is 1. The topological polar surface area (TPSA) is 80.6 Å². The van der Waals surface area contributed by atoms with Crippen LogP contribution >= 0.6 is 0 Å². The molecule has 1 fully saturated rings. The number of carbonyl (C=O) groups is 1. The van der Waals surface area contributed by atoms with Gasteiger partial charge in [-0.15, -0.1) is 0 Å². The maximum atomic E-state index is 12.7. The average Bonchev–Trinajstić information content (AvgIpc) is 3.05. The standard InChI is InChI=1S/C19H27N3O3/c1-12-10-24-17(25-11-12)9-22(3)19(23)18(20)13(2)15-8-21-16-7-5-4-6-14(15)16/h4-8,12-13,17-18,21H,9-11,20H2,1-3H3. The quantitative estimate of drug-likeness (QED) is 0.869. The predicted octanol–water partition coefficient (Wildman–Crippen LogP) is 2.07. The fraction of sp³-hybridized carbons (Fsp3) is 0.526. The second-order valence-corrected chi connectivity index (χ2v) is 7.02. The van der Waals surface area contributed by atoms with Crippen molar-refractivity contribution in [1.82, 2.24) is 9.88 Å². The number of nitrogens with one attached hydrogen (secondary N) is 1. The van der Waals surface area contributed by atoms with Crippen molar-refractivity contribution >= 4 is 16.8 Å². The van der Waals surface area contributed by atoms with Crippen LogP contribution in [0.4, 0.5) is 0 Å². The zero-order valence-electron chi connectivity index (χ0n) is 15.1. The zero-order valence-corrected chi connectivity index (χ0v) is 15.1. The smallest absolute Gasteiger partial charge is 0.240 e. The highest BCUT2D eigenvalue weighted by Crippen LogP contribution is 2.27. The number of nitrogens with zero attached hydrogens (tertiary/aromatic N) is 1. The summed E-state index contributed by atoms with van der Waals surface area (Å²) in [6, 6.07) is 7.42. The molecule has 1 amide bonds. The summed E-state index contributed by atoms with van der Waals surface area (Å²) in [6.07, 6.45) is 1.57. The number of amides is 1. The number of H-pyrrole nitrogens is 1. The van der Waals surface area contributed by atoms with Gasteiger partial charge >= 0.3 is 0 Å². The lowest BCUT2D eigenvalue weighted by Gasteiger charge is -2.32. The molecule has 1 aromatic carbocycles. The predicted molar refractivity (Wildman–Crippen MR) is 97.2 cm³/mol. The Kier molecular flexibility index (Phi) is 5.42. The molecule has 2 heterocycles. The Balaban J connectivity index is 1.64. The Hall–Kier alpha value is -1.89. The van der Waals surface area contributed by atoms with Gasteiger partial charge in [0, 0.05) is 36.0 Å². The molecule has 1 aliphatic heterocycles. The van der Waals surface area contributed by atoms with Crippen molar-refractivity contribution in [2.75, 3.05) is 26.8 Å². The third-order valence-corrected chi connectivity index (χ3v) is 4.87. The van der Waals surface area contributed by atoms with Crippen molar-refractivity contribution in [3.63, 3.8) is 0 Å². The highest BCUT2D eigenvalue weighted by Gasteiger charge is 2.29. The summed E-state index contributed by atoms with van der Waals surface area (Å²) >= 11 is 0. The van der Waals surface area contributed by atoms with Gasteiger partial charge < -0.3 is 25.1 Å². The van der Waals surface area contributed by atoms with Gasteiger partial charge in [0.05, 0.1) is 25.8 Å². The maximum Gasteiger partial charge on any atom is 0.240 e. The Bertz CT molecular complexity index is 722. The van der Waals surface area contributed by atoms with E-state index in [2.05, 4.69) is 11.9 Å². The molecule has 0 bridgehead atoms. The van der Waals surface area contributed by atoms with Crippen molar-refractivity contribution in [3.05, 3.63) is 36.0 Å². The highest BCUT2D eigenvalue weighted by atomic mass is 16.7. The average molecular weight is 345 g/mol. The molecule has 136 valence electrons. The second-order valence-electron chi connectivity index (χ2n) is 7.02. The first-order valence-corrected chi connectivity index (χ1v) is 8.77. The minimum Gasteiger partial charge on any atom is -0.361 e. The number of aromatic nitrogens is 1. The van der Waals surface area contributed by atoms with E-state index in [1.54, 1.807) is 11.9 Å². The van der Waals surface area contributed by atoms with Gasteiger partial charge in [-0.3, -0.25) is 4.79 Å². The summed E-state index contributed by atoms with van der Waals surface area (Å²) in [6.45, 7) is 5.76. The van der Waals surface area contributed by atoms with Gasteiger partial charge in [0.1, 0.15) is 0 Å². The summed E-state index contributed by atoms with van der Waals surface area (Å²) in [4.78, 5) is 17.6. The Labute approximate surface area is 148 Å². The normalized spacial score (nSPS) is 23.4. The molecule has 1 saturated heterocycles. The number of aromatic amines is 1. The van der Waals surface area contributed by atoms with E-state index in [0.29, 0.717) is 25.7 Å². The molecule has 3 N–H and O–H groups in total. The minimum atomic E-state index is -0.619. The van der Waals surface area contributed by atoms with Crippen LogP contribution in [-0.2, 0) is 14.3 Å². The van der Waals surface area contributed by atoms with Crippen LogP contribution in [-0.4, -0.2) is 54.9 Å². The van der Waals surface area contributed by atoms with E-state index < -0.39 is 6.04 Å². The van der Waals surface area contributed by atoms with Crippen LogP contribution in [0.2, 0.25) is 0 Å². The number of hydrogen-bond donors (Lipinski definition) is 2. The van der Waals surface area contributed by atoms with E-state index in [0.717, 1.165) is 16.5 Å². The Morgan fingerprint density at radius 3 is 2.76 bits per heavy atom. The lowest BCUT2D eigenvalue weighted by atomic mass is 9.92. The van der Waals surface area contributed by atoms with Crippen molar-refractivity contribution in [2.45, 2.75) is 32.1 Å². The van der Waals surface area contributed by atoms with Gasteiger partial charge in [-0.1, -0.05) is 32.0 Å². The Morgan fingerprint density at radius 2 is 2.04 bits per heavy atom. The largest absolute Gasteiger partial charge is 0.361 e. The summed E-state index contributed by atoms with van der Waals surface area (Å²) < 4.78 is 11.2. The number of nitrogens with two attached hydrogens (primary N) is 1. The molecule has 6 heteroatoms. The molecule has 0 spiro atoms. The zero-order chi connectivity index (χ0) is 18.0. The van der Waals surface area contributed by atoms with Crippen LogP contribution in [0.25, 0.3) is 10.9 Å². The Morgan fingerprint density at radius 1 is 1.36 bits per heavy atom. The summed E-state index contributed by atoms with van der Waals surface area (Å²) in [5, 5.41) is 1.11. The number of likely N-dealkylation sites (N-methyl/N-ethyl adjacent to an activating group) is 1. The molecule has 0 radical (unpaired) electrons. The van der Waals surface area contributed by atoms with Gasteiger partial charge in [-0.25, -0.2) is 0 Å². The third kappa shape index (κ3) is 3.86. The van der Waals surface area contributed by atoms with Gasteiger partial charge in [-0.05, 0) is 11.6 Å². The summed E-state index contributed by atoms with van der Waals surface area (Å²) in [5.41, 5.74) is 8.39. The van der Waals surface area contributed by atoms with Crippen molar-refractivity contribution in [1.29, 1.82) is 0 Å².